The average molecular weight is 504 g/mol. The van der Waals surface area contributed by atoms with Gasteiger partial charge in [-0.25, -0.2) is 4.79 Å². The van der Waals surface area contributed by atoms with E-state index in [4.69, 9.17) is 10.8 Å². The minimum absolute atomic E-state index is 0.244. The number of nitrogens with one attached hydrogen (secondary N) is 4. The van der Waals surface area contributed by atoms with Crippen LogP contribution in [0.15, 0.2) is 30.5 Å². The van der Waals surface area contributed by atoms with Crippen LogP contribution in [0.1, 0.15) is 39.2 Å². The van der Waals surface area contributed by atoms with Crippen LogP contribution in [0.4, 0.5) is 0 Å². The molecule has 0 saturated carbocycles. The first-order chi connectivity index (χ1) is 16.9. The number of hydrogen-bond acceptors (Lipinski definition) is 6. The number of carboxylic acids is 2. The lowest BCUT2D eigenvalue weighted by Gasteiger charge is -2.26. The summed E-state index contributed by atoms with van der Waals surface area (Å²) in [7, 11) is 0. The van der Waals surface area contributed by atoms with Gasteiger partial charge in [0, 0.05) is 23.5 Å². The van der Waals surface area contributed by atoms with E-state index in [2.05, 4.69) is 20.9 Å². The summed E-state index contributed by atoms with van der Waals surface area (Å²) in [4.78, 5) is 63.2. The van der Waals surface area contributed by atoms with E-state index in [1.54, 1.807) is 20.0 Å². The maximum atomic E-state index is 12.7. The van der Waals surface area contributed by atoms with Crippen molar-refractivity contribution in [1.82, 2.24) is 20.9 Å². The molecule has 196 valence electrons. The topological polar surface area (TPSA) is 204 Å². The third-order valence-electron chi connectivity index (χ3n) is 5.71. The summed E-state index contributed by atoms with van der Waals surface area (Å²) in [5.74, 6) is -4.98. The lowest BCUT2D eigenvalue weighted by atomic mass is 10.0. The van der Waals surface area contributed by atoms with Gasteiger partial charge in [-0.1, -0.05) is 32.0 Å². The predicted octanol–water partition coefficient (Wildman–Crippen LogP) is 0.117. The standard InChI is InChI=1S/C24H33N5O7/c1-12(2)20(23(34)28-18(24(35)36)8-9-19(30)31)29-21(32)13(3)27-22(33)16(25)10-14-11-26-17-7-5-4-6-15(14)17/h4-7,11-13,16,18,20,26H,8-10,25H2,1-3H3,(H,27,33)(H,28,34)(H,29,32)(H,30,31)(H,35,36). The fraction of sp³-hybridized carbons (Fsp3) is 0.458. The number of hydrogen-bond donors (Lipinski definition) is 7. The van der Waals surface area contributed by atoms with Crippen molar-refractivity contribution in [2.24, 2.45) is 11.7 Å². The number of aromatic amines is 1. The normalized spacial score (nSPS) is 14.5. The highest BCUT2D eigenvalue weighted by Crippen LogP contribution is 2.18. The van der Waals surface area contributed by atoms with Crippen LogP contribution in [0.5, 0.6) is 0 Å². The molecule has 12 nitrogen and oxygen atoms in total. The highest BCUT2D eigenvalue weighted by atomic mass is 16.4. The lowest BCUT2D eigenvalue weighted by Crippen LogP contribution is -2.57. The zero-order chi connectivity index (χ0) is 27.0. The Hall–Kier alpha value is -3.93. The van der Waals surface area contributed by atoms with E-state index < -0.39 is 66.2 Å². The number of carbonyl (C=O) groups excluding carboxylic acids is 3. The van der Waals surface area contributed by atoms with Gasteiger partial charge in [0.05, 0.1) is 6.04 Å². The second kappa shape index (κ2) is 12.7. The Labute approximate surface area is 208 Å². The second-order valence-electron chi connectivity index (χ2n) is 8.96. The highest BCUT2D eigenvalue weighted by molar-refractivity contribution is 5.94. The molecule has 4 atom stereocenters. The van der Waals surface area contributed by atoms with Gasteiger partial charge in [0.2, 0.25) is 17.7 Å². The number of para-hydroxylation sites is 1. The number of fused-ring (bicyclic) bond motifs is 1. The van der Waals surface area contributed by atoms with E-state index in [0.29, 0.717) is 0 Å². The van der Waals surface area contributed by atoms with Crippen molar-refractivity contribution in [3.05, 3.63) is 36.0 Å². The number of aliphatic carboxylic acids is 2. The molecule has 0 radical (unpaired) electrons. The molecule has 1 aromatic heterocycles. The van der Waals surface area contributed by atoms with E-state index in [0.717, 1.165) is 16.5 Å². The van der Waals surface area contributed by atoms with Crippen molar-refractivity contribution in [2.45, 2.75) is 64.2 Å². The summed E-state index contributed by atoms with van der Waals surface area (Å²) in [6, 6.07) is 3.10. The molecule has 2 aromatic rings. The van der Waals surface area contributed by atoms with Gasteiger partial charge >= 0.3 is 11.9 Å². The molecule has 0 spiro atoms. The smallest absolute Gasteiger partial charge is 0.326 e. The Morgan fingerprint density at radius 1 is 0.944 bits per heavy atom. The Kier molecular flexibility index (Phi) is 9.97. The predicted molar refractivity (Wildman–Crippen MR) is 131 cm³/mol. The van der Waals surface area contributed by atoms with Gasteiger partial charge in [0.1, 0.15) is 18.1 Å². The number of amides is 3. The first kappa shape index (κ1) is 28.3. The number of carbonyl (C=O) groups is 5. The maximum Gasteiger partial charge on any atom is 0.326 e. The number of H-pyrrole nitrogens is 1. The van der Waals surface area contributed by atoms with E-state index in [1.807, 2.05) is 24.3 Å². The minimum atomic E-state index is -1.42. The number of benzene rings is 1. The number of carboxylic acid groups (broad SMARTS) is 2. The van der Waals surface area contributed by atoms with Crippen molar-refractivity contribution in [2.75, 3.05) is 0 Å². The SMILES string of the molecule is CC(NC(=O)C(N)Cc1c[nH]c2ccccc12)C(=O)NC(C(=O)NC(CCC(=O)O)C(=O)O)C(C)C. The van der Waals surface area contributed by atoms with Crippen LogP contribution in [-0.4, -0.2) is 69.0 Å². The van der Waals surface area contributed by atoms with Crippen LogP contribution in [0.25, 0.3) is 10.9 Å². The summed E-state index contributed by atoms with van der Waals surface area (Å²) < 4.78 is 0. The number of nitrogens with two attached hydrogens (primary N) is 1. The lowest BCUT2D eigenvalue weighted by molar-refractivity contribution is -0.143. The summed E-state index contributed by atoms with van der Waals surface area (Å²) in [6.07, 6.45) is 1.27. The van der Waals surface area contributed by atoms with Gasteiger partial charge in [-0.3, -0.25) is 19.2 Å². The number of rotatable bonds is 13. The molecule has 3 amide bonds. The molecule has 12 heteroatoms. The van der Waals surface area contributed by atoms with Crippen molar-refractivity contribution >= 4 is 40.6 Å². The quantitative estimate of drug-likeness (QED) is 0.199. The van der Waals surface area contributed by atoms with Gasteiger partial charge in [0.25, 0.3) is 0 Å². The van der Waals surface area contributed by atoms with Crippen LogP contribution in [-0.2, 0) is 30.4 Å². The molecule has 0 aliphatic heterocycles. The van der Waals surface area contributed by atoms with E-state index in [-0.39, 0.29) is 12.8 Å². The summed E-state index contributed by atoms with van der Waals surface area (Å²) in [5.41, 5.74) is 7.83. The van der Waals surface area contributed by atoms with E-state index in [1.165, 1.54) is 6.92 Å². The van der Waals surface area contributed by atoms with Crippen LogP contribution in [0, 0.1) is 5.92 Å². The van der Waals surface area contributed by atoms with Crippen molar-refractivity contribution in [3.63, 3.8) is 0 Å². The molecule has 0 bridgehead atoms. The molecule has 0 aliphatic rings. The molecule has 0 aliphatic carbocycles. The first-order valence-electron chi connectivity index (χ1n) is 11.6. The summed E-state index contributed by atoms with van der Waals surface area (Å²) in [5, 5.41) is 26.3. The van der Waals surface area contributed by atoms with Crippen molar-refractivity contribution in [3.8, 4) is 0 Å². The molecule has 2 rings (SSSR count). The average Bonchev–Trinajstić information content (AvgIpc) is 3.21. The second-order valence-corrected chi connectivity index (χ2v) is 8.96. The van der Waals surface area contributed by atoms with Crippen LogP contribution >= 0.6 is 0 Å². The largest absolute Gasteiger partial charge is 0.481 e. The van der Waals surface area contributed by atoms with Crippen molar-refractivity contribution < 1.29 is 34.2 Å². The molecule has 1 heterocycles. The van der Waals surface area contributed by atoms with E-state index >= 15 is 0 Å². The Morgan fingerprint density at radius 2 is 1.61 bits per heavy atom. The summed E-state index contributed by atoms with van der Waals surface area (Å²) in [6.45, 7) is 4.74. The fourth-order valence-corrected chi connectivity index (χ4v) is 3.62. The molecule has 36 heavy (non-hydrogen) atoms. The Bertz CT molecular complexity index is 1110. The molecule has 1 aromatic carbocycles. The fourth-order valence-electron chi connectivity index (χ4n) is 3.62. The van der Waals surface area contributed by atoms with Gasteiger partial charge < -0.3 is 36.9 Å². The summed E-state index contributed by atoms with van der Waals surface area (Å²) >= 11 is 0. The van der Waals surface area contributed by atoms with Gasteiger partial charge in [-0.15, -0.1) is 0 Å². The third kappa shape index (κ3) is 7.80. The zero-order valence-electron chi connectivity index (χ0n) is 20.4. The zero-order valence-corrected chi connectivity index (χ0v) is 20.4. The van der Waals surface area contributed by atoms with Gasteiger partial charge in [-0.05, 0) is 37.3 Å². The van der Waals surface area contributed by atoms with Crippen LogP contribution in [0.2, 0.25) is 0 Å². The molecular weight excluding hydrogens is 470 g/mol. The Morgan fingerprint density at radius 3 is 2.22 bits per heavy atom. The maximum absolute atomic E-state index is 12.7. The first-order valence-corrected chi connectivity index (χ1v) is 11.6. The molecule has 8 N–H and O–H groups in total. The van der Waals surface area contributed by atoms with Crippen molar-refractivity contribution in [1.29, 1.82) is 0 Å². The highest BCUT2D eigenvalue weighted by Gasteiger charge is 2.30. The minimum Gasteiger partial charge on any atom is -0.481 e. The molecule has 0 saturated heterocycles. The molecule has 4 unspecified atom stereocenters. The molecule has 0 fully saturated rings. The van der Waals surface area contributed by atoms with Gasteiger partial charge in [0.15, 0.2) is 0 Å². The van der Waals surface area contributed by atoms with E-state index in [9.17, 15) is 29.1 Å². The Balaban J connectivity index is 1.96. The van der Waals surface area contributed by atoms with Crippen LogP contribution in [0.3, 0.4) is 0 Å². The third-order valence-corrected chi connectivity index (χ3v) is 5.71. The van der Waals surface area contributed by atoms with Gasteiger partial charge in [-0.2, -0.15) is 0 Å². The monoisotopic (exact) mass is 503 g/mol. The van der Waals surface area contributed by atoms with Crippen LogP contribution < -0.4 is 21.7 Å². The number of aromatic nitrogens is 1. The molecular formula is C24H33N5O7.